The normalized spacial score (nSPS) is 21.1. The average Bonchev–Trinajstić information content (AvgIpc) is 2.98. The number of nitrogens with one attached hydrogen (secondary N) is 1. The molecular weight excluding hydrogens is 276 g/mol. The molecule has 120 valence electrons. The fraction of sp³-hybridized carbons (Fsp3) is 0.647. The van der Waals surface area contributed by atoms with Gasteiger partial charge in [-0.3, -0.25) is 9.98 Å². The minimum absolute atomic E-state index is 0.197. The molecule has 0 saturated carbocycles. The SMILES string of the molecule is CCc1nc2c(c(NC3CCOCC3)c1CN)C=NC2CC. The molecule has 3 N–H and O–H groups in total. The Morgan fingerprint density at radius 3 is 2.73 bits per heavy atom. The topological polar surface area (TPSA) is 72.5 Å². The second kappa shape index (κ2) is 6.75. The molecule has 1 aromatic rings. The number of aryl methyl sites for hydroxylation is 1. The van der Waals surface area contributed by atoms with E-state index in [1.165, 1.54) is 0 Å². The van der Waals surface area contributed by atoms with Gasteiger partial charge >= 0.3 is 0 Å². The minimum atomic E-state index is 0.197. The zero-order valence-electron chi connectivity index (χ0n) is 13.6. The summed E-state index contributed by atoms with van der Waals surface area (Å²) >= 11 is 0. The van der Waals surface area contributed by atoms with Gasteiger partial charge < -0.3 is 15.8 Å². The summed E-state index contributed by atoms with van der Waals surface area (Å²) in [5, 5.41) is 3.73. The zero-order chi connectivity index (χ0) is 15.5. The van der Waals surface area contributed by atoms with Gasteiger partial charge in [-0.25, -0.2) is 0 Å². The van der Waals surface area contributed by atoms with Crippen molar-refractivity contribution in [3.63, 3.8) is 0 Å². The van der Waals surface area contributed by atoms with Crippen molar-refractivity contribution in [3.8, 4) is 0 Å². The monoisotopic (exact) mass is 302 g/mol. The van der Waals surface area contributed by atoms with E-state index in [1.807, 2.05) is 6.21 Å². The molecule has 0 aromatic carbocycles. The van der Waals surface area contributed by atoms with E-state index in [0.717, 1.165) is 67.1 Å². The molecule has 5 nitrogen and oxygen atoms in total. The summed E-state index contributed by atoms with van der Waals surface area (Å²) in [6, 6.07) is 0.645. The van der Waals surface area contributed by atoms with Crippen molar-refractivity contribution in [1.29, 1.82) is 0 Å². The highest BCUT2D eigenvalue weighted by molar-refractivity contribution is 5.93. The Bertz CT molecular complexity index is 564. The lowest BCUT2D eigenvalue weighted by Gasteiger charge is -2.27. The summed E-state index contributed by atoms with van der Waals surface area (Å²) in [4.78, 5) is 9.51. The van der Waals surface area contributed by atoms with Crippen LogP contribution >= 0.6 is 0 Å². The number of fused-ring (bicyclic) bond motifs is 1. The molecule has 2 aliphatic heterocycles. The van der Waals surface area contributed by atoms with Crippen molar-refractivity contribution in [3.05, 3.63) is 22.5 Å². The van der Waals surface area contributed by atoms with Crippen LogP contribution in [0, 0.1) is 0 Å². The first-order chi connectivity index (χ1) is 10.8. The standard InChI is InChI=1S/C17H26N4O/c1-3-14-12(9-18)16(20-11-5-7-22-8-6-11)13-10-19-15(4-2)17(13)21-14/h10-11,15H,3-9,18H2,1-2H3,(H,20,21). The van der Waals surface area contributed by atoms with E-state index < -0.39 is 0 Å². The highest BCUT2D eigenvalue weighted by Gasteiger charge is 2.27. The number of anilines is 1. The third kappa shape index (κ3) is 2.75. The average molecular weight is 302 g/mol. The lowest BCUT2D eigenvalue weighted by Crippen LogP contribution is -2.29. The fourth-order valence-corrected chi connectivity index (χ4v) is 3.35. The molecule has 0 spiro atoms. The predicted molar refractivity (Wildman–Crippen MR) is 89.6 cm³/mol. The molecule has 0 bridgehead atoms. The number of nitrogens with two attached hydrogens (primary N) is 1. The van der Waals surface area contributed by atoms with Gasteiger partial charge in [0.25, 0.3) is 0 Å². The van der Waals surface area contributed by atoms with Crippen LogP contribution in [0.3, 0.4) is 0 Å². The van der Waals surface area contributed by atoms with Crippen LogP contribution in [0.5, 0.6) is 0 Å². The Kier molecular flexibility index (Phi) is 4.74. The number of pyridine rings is 1. The summed E-state index contributed by atoms with van der Waals surface area (Å²) in [5.41, 5.74) is 11.7. The van der Waals surface area contributed by atoms with Crippen LogP contribution in [0.15, 0.2) is 4.99 Å². The number of aliphatic imine (C=N–C) groups is 1. The molecule has 0 aliphatic carbocycles. The van der Waals surface area contributed by atoms with Gasteiger partial charge in [0.05, 0.1) is 17.4 Å². The van der Waals surface area contributed by atoms with Crippen molar-refractivity contribution in [2.75, 3.05) is 18.5 Å². The minimum Gasteiger partial charge on any atom is -0.381 e. The summed E-state index contributed by atoms with van der Waals surface area (Å²) in [7, 11) is 0. The maximum atomic E-state index is 6.04. The third-order valence-corrected chi connectivity index (χ3v) is 4.65. The molecule has 1 fully saturated rings. The van der Waals surface area contributed by atoms with E-state index in [4.69, 9.17) is 15.5 Å². The van der Waals surface area contributed by atoms with Crippen LogP contribution in [-0.4, -0.2) is 30.5 Å². The lowest BCUT2D eigenvalue weighted by molar-refractivity contribution is 0.0904. The van der Waals surface area contributed by atoms with E-state index in [1.54, 1.807) is 0 Å². The second-order valence-electron chi connectivity index (χ2n) is 6.00. The Labute approximate surface area is 132 Å². The summed E-state index contributed by atoms with van der Waals surface area (Å²) in [5.74, 6) is 0. The maximum absolute atomic E-state index is 6.04. The molecule has 1 unspecified atom stereocenters. The summed E-state index contributed by atoms with van der Waals surface area (Å²) in [6.07, 6.45) is 5.95. The van der Waals surface area contributed by atoms with Gasteiger partial charge in [-0.1, -0.05) is 13.8 Å². The van der Waals surface area contributed by atoms with Gasteiger partial charge in [-0.2, -0.15) is 0 Å². The summed E-state index contributed by atoms with van der Waals surface area (Å²) in [6.45, 7) is 6.47. The van der Waals surface area contributed by atoms with Crippen LogP contribution in [0.25, 0.3) is 0 Å². The van der Waals surface area contributed by atoms with Crippen LogP contribution in [0.1, 0.15) is 61.7 Å². The van der Waals surface area contributed by atoms with Crippen LogP contribution in [0.4, 0.5) is 5.69 Å². The van der Waals surface area contributed by atoms with Crippen LogP contribution < -0.4 is 11.1 Å². The van der Waals surface area contributed by atoms with Crippen molar-refractivity contribution in [1.82, 2.24) is 4.98 Å². The number of rotatable bonds is 5. The Morgan fingerprint density at radius 1 is 1.32 bits per heavy atom. The van der Waals surface area contributed by atoms with Gasteiger partial charge in [0.1, 0.15) is 0 Å². The maximum Gasteiger partial charge on any atom is 0.0924 e. The summed E-state index contributed by atoms with van der Waals surface area (Å²) < 4.78 is 5.46. The van der Waals surface area contributed by atoms with E-state index in [0.29, 0.717) is 12.6 Å². The molecule has 2 aliphatic rings. The second-order valence-corrected chi connectivity index (χ2v) is 6.00. The smallest absolute Gasteiger partial charge is 0.0924 e. The molecule has 3 heterocycles. The van der Waals surface area contributed by atoms with Crippen molar-refractivity contribution < 1.29 is 4.74 Å². The first kappa shape index (κ1) is 15.4. The van der Waals surface area contributed by atoms with Gasteiger partial charge in [-0.15, -0.1) is 0 Å². The first-order valence-electron chi connectivity index (χ1n) is 8.41. The van der Waals surface area contributed by atoms with E-state index in [2.05, 4.69) is 24.2 Å². The number of hydrogen-bond acceptors (Lipinski definition) is 5. The molecule has 1 atom stereocenters. The fourth-order valence-electron chi connectivity index (χ4n) is 3.35. The van der Waals surface area contributed by atoms with E-state index in [-0.39, 0.29) is 6.04 Å². The molecule has 22 heavy (non-hydrogen) atoms. The van der Waals surface area contributed by atoms with Crippen LogP contribution in [0.2, 0.25) is 0 Å². The number of ether oxygens (including phenoxy) is 1. The van der Waals surface area contributed by atoms with Gasteiger partial charge in [0.2, 0.25) is 0 Å². The third-order valence-electron chi connectivity index (χ3n) is 4.65. The molecule has 1 saturated heterocycles. The molecule has 1 aromatic heterocycles. The molecule has 3 rings (SSSR count). The van der Waals surface area contributed by atoms with Crippen LogP contribution in [-0.2, 0) is 17.7 Å². The molecule has 5 heteroatoms. The van der Waals surface area contributed by atoms with E-state index in [9.17, 15) is 0 Å². The molecule has 0 amide bonds. The first-order valence-corrected chi connectivity index (χ1v) is 8.41. The van der Waals surface area contributed by atoms with Gasteiger partial charge in [0.15, 0.2) is 0 Å². The van der Waals surface area contributed by atoms with Crippen molar-refractivity contribution in [2.24, 2.45) is 10.7 Å². The highest BCUT2D eigenvalue weighted by Crippen LogP contribution is 2.36. The Balaban J connectivity index is 2.01. The number of nitrogens with zero attached hydrogens (tertiary/aromatic N) is 2. The van der Waals surface area contributed by atoms with Crippen molar-refractivity contribution in [2.45, 2.75) is 58.2 Å². The Morgan fingerprint density at radius 2 is 2.09 bits per heavy atom. The number of hydrogen-bond donors (Lipinski definition) is 2. The predicted octanol–water partition coefficient (Wildman–Crippen LogP) is 2.58. The Hall–Kier alpha value is -1.46. The number of aromatic nitrogens is 1. The van der Waals surface area contributed by atoms with Gasteiger partial charge in [0, 0.05) is 48.8 Å². The van der Waals surface area contributed by atoms with Gasteiger partial charge in [-0.05, 0) is 25.7 Å². The van der Waals surface area contributed by atoms with Crippen molar-refractivity contribution >= 4 is 11.9 Å². The molecular formula is C17H26N4O. The quantitative estimate of drug-likeness (QED) is 0.877. The van der Waals surface area contributed by atoms with E-state index >= 15 is 0 Å². The largest absolute Gasteiger partial charge is 0.381 e. The zero-order valence-corrected chi connectivity index (χ0v) is 13.6. The molecule has 0 radical (unpaired) electrons. The lowest BCUT2D eigenvalue weighted by atomic mass is 9.99. The highest BCUT2D eigenvalue weighted by atomic mass is 16.5.